The lowest BCUT2D eigenvalue weighted by atomic mass is 10.1. The summed E-state index contributed by atoms with van der Waals surface area (Å²) in [5.74, 6) is 0.940. The van der Waals surface area contributed by atoms with Gasteiger partial charge in [0.2, 0.25) is 0 Å². The summed E-state index contributed by atoms with van der Waals surface area (Å²) in [5, 5.41) is 3.48. The van der Waals surface area contributed by atoms with E-state index in [0.29, 0.717) is 12.1 Å². The smallest absolute Gasteiger partial charge is 0.119 e. The molecule has 90 valence electrons. The third-order valence-corrected chi connectivity index (χ3v) is 2.34. The molecule has 0 amide bonds. The Labute approximate surface area is 99.0 Å². The molecule has 0 aliphatic carbocycles. The lowest BCUT2D eigenvalue weighted by Gasteiger charge is -2.18. The molecule has 1 aromatic rings. The summed E-state index contributed by atoms with van der Waals surface area (Å²) in [6, 6.07) is 9.20. The Kier molecular flexibility index (Phi) is 4.81. The molecule has 0 aromatic heterocycles. The van der Waals surface area contributed by atoms with E-state index in [1.54, 1.807) is 0 Å². The fraction of sp³-hybridized carbons (Fsp3) is 0.571. The van der Waals surface area contributed by atoms with Crippen molar-refractivity contribution in [3.05, 3.63) is 29.8 Å². The molecule has 0 fully saturated rings. The third kappa shape index (κ3) is 4.23. The highest BCUT2D eigenvalue weighted by Crippen LogP contribution is 2.18. The summed E-state index contributed by atoms with van der Waals surface area (Å²) < 4.78 is 5.61. The standard InChI is InChI=1S/C14H23NO/c1-10(2)15-12(5)13-6-8-14(9-7-13)16-11(3)4/h6-12,15H,1-5H3. The minimum atomic E-state index is 0.233. The fourth-order valence-electron chi connectivity index (χ4n) is 1.70. The summed E-state index contributed by atoms with van der Waals surface area (Å²) >= 11 is 0. The molecule has 1 unspecified atom stereocenters. The maximum absolute atomic E-state index is 5.61. The first-order chi connectivity index (χ1) is 7.49. The summed E-state index contributed by atoms with van der Waals surface area (Å²) in [6.07, 6.45) is 0.233. The molecular formula is C14H23NO. The number of hydrogen-bond donors (Lipinski definition) is 1. The summed E-state index contributed by atoms with van der Waals surface area (Å²) in [4.78, 5) is 0. The second-order valence-corrected chi connectivity index (χ2v) is 4.78. The van der Waals surface area contributed by atoms with Gasteiger partial charge in [-0.15, -0.1) is 0 Å². The van der Waals surface area contributed by atoms with Gasteiger partial charge in [0.05, 0.1) is 6.10 Å². The van der Waals surface area contributed by atoms with Crippen LogP contribution in [0.4, 0.5) is 0 Å². The van der Waals surface area contributed by atoms with Crippen LogP contribution in [0.5, 0.6) is 5.75 Å². The Morgan fingerprint density at radius 1 is 0.938 bits per heavy atom. The van der Waals surface area contributed by atoms with Gasteiger partial charge in [-0.05, 0) is 38.5 Å². The second-order valence-electron chi connectivity index (χ2n) is 4.78. The Morgan fingerprint density at radius 2 is 1.50 bits per heavy atom. The van der Waals surface area contributed by atoms with Crippen molar-refractivity contribution in [2.24, 2.45) is 0 Å². The summed E-state index contributed by atoms with van der Waals surface area (Å²) in [6.45, 7) is 10.6. The zero-order chi connectivity index (χ0) is 12.1. The number of rotatable bonds is 5. The van der Waals surface area contributed by atoms with Crippen molar-refractivity contribution >= 4 is 0 Å². The predicted octanol–water partition coefficient (Wildman–Crippen LogP) is 3.53. The van der Waals surface area contributed by atoms with Crippen LogP contribution in [0.25, 0.3) is 0 Å². The first kappa shape index (κ1) is 13.0. The molecule has 1 N–H and O–H groups in total. The second kappa shape index (κ2) is 5.90. The zero-order valence-electron chi connectivity index (χ0n) is 10.9. The molecule has 1 atom stereocenters. The van der Waals surface area contributed by atoms with Crippen LogP contribution < -0.4 is 10.1 Å². The van der Waals surface area contributed by atoms with Crippen LogP contribution in [0.15, 0.2) is 24.3 Å². The molecule has 0 radical (unpaired) electrons. The van der Waals surface area contributed by atoms with Crippen molar-refractivity contribution < 1.29 is 4.74 Å². The van der Waals surface area contributed by atoms with Gasteiger partial charge >= 0.3 is 0 Å². The van der Waals surface area contributed by atoms with Gasteiger partial charge in [-0.1, -0.05) is 26.0 Å². The summed E-state index contributed by atoms with van der Waals surface area (Å²) in [5.41, 5.74) is 1.30. The van der Waals surface area contributed by atoms with Crippen molar-refractivity contribution in [2.45, 2.75) is 52.8 Å². The van der Waals surface area contributed by atoms with Crippen LogP contribution in [0, 0.1) is 0 Å². The highest BCUT2D eigenvalue weighted by molar-refractivity contribution is 5.29. The topological polar surface area (TPSA) is 21.3 Å². The molecule has 16 heavy (non-hydrogen) atoms. The Balaban J connectivity index is 2.63. The Bertz CT molecular complexity index is 303. The van der Waals surface area contributed by atoms with E-state index < -0.39 is 0 Å². The molecule has 0 bridgehead atoms. The molecule has 0 saturated carbocycles. The van der Waals surface area contributed by atoms with Crippen molar-refractivity contribution in [2.75, 3.05) is 0 Å². The van der Waals surface area contributed by atoms with Crippen LogP contribution in [0.2, 0.25) is 0 Å². The van der Waals surface area contributed by atoms with E-state index in [4.69, 9.17) is 4.74 Å². The van der Waals surface area contributed by atoms with E-state index in [9.17, 15) is 0 Å². The average molecular weight is 221 g/mol. The largest absolute Gasteiger partial charge is 0.491 e. The maximum atomic E-state index is 5.61. The SMILES string of the molecule is CC(C)NC(C)c1ccc(OC(C)C)cc1. The van der Waals surface area contributed by atoms with E-state index in [1.807, 2.05) is 26.0 Å². The zero-order valence-corrected chi connectivity index (χ0v) is 10.9. The van der Waals surface area contributed by atoms with E-state index in [1.165, 1.54) is 5.56 Å². The Morgan fingerprint density at radius 3 is 1.94 bits per heavy atom. The fourth-order valence-corrected chi connectivity index (χ4v) is 1.70. The first-order valence-electron chi connectivity index (χ1n) is 6.01. The number of ether oxygens (including phenoxy) is 1. The number of hydrogen-bond acceptors (Lipinski definition) is 2. The average Bonchev–Trinajstić information content (AvgIpc) is 2.16. The first-order valence-corrected chi connectivity index (χ1v) is 6.01. The lowest BCUT2D eigenvalue weighted by molar-refractivity contribution is 0.242. The highest BCUT2D eigenvalue weighted by atomic mass is 16.5. The van der Waals surface area contributed by atoms with Crippen LogP contribution >= 0.6 is 0 Å². The van der Waals surface area contributed by atoms with Crippen LogP contribution in [-0.2, 0) is 0 Å². The van der Waals surface area contributed by atoms with Crippen molar-refractivity contribution in [1.82, 2.24) is 5.32 Å². The van der Waals surface area contributed by atoms with Gasteiger partial charge in [-0.2, -0.15) is 0 Å². The van der Waals surface area contributed by atoms with Gasteiger partial charge in [-0.3, -0.25) is 0 Å². The molecule has 1 aromatic carbocycles. The van der Waals surface area contributed by atoms with E-state index in [2.05, 4.69) is 38.2 Å². The predicted molar refractivity (Wildman–Crippen MR) is 68.9 cm³/mol. The molecule has 0 saturated heterocycles. The van der Waals surface area contributed by atoms with Crippen molar-refractivity contribution in [3.8, 4) is 5.75 Å². The highest BCUT2D eigenvalue weighted by Gasteiger charge is 2.06. The minimum Gasteiger partial charge on any atom is -0.491 e. The van der Waals surface area contributed by atoms with E-state index >= 15 is 0 Å². The minimum absolute atomic E-state index is 0.233. The monoisotopic (exact) mass is 221 g/mol. The molecule has 2 heteroatoms. The van der Waals surface area contributed by atoms with Gasteiger partial charge in [0.25, 0.3) is 0 Å². The third-order valence-electron chi connectivity index (χ3n) is 2.34. The molecule has 0 heterocycles. The van der Waals surface area contributed by atoms with E-state index in [0.717, 1.165) is 5.75 Å². The van der Waals surface area contributed by atoms with Gasteiger partial charge in [0.15, 0.2) is 0 Å². The van der Waals surface area contributed by atoms with Gasteiger partial charge in [0.1, 0.15) is 5.75 Å². The molecule has 0 spiro atoms. The van der Waals surface area contributed by atoms with Gasteiger partial charge in [0, 0.05) is 12.1 Å². The van der Waals surface area contributed by atoms with Crippen LogP contribution in [0.3, 0.4) is 0 Å². The number of nitrogens with one attached hydrogen (secondary N) is 1. The quantitative estimate of drug-likeness (QED) is 0.821. The molecular weight excluding hydrogens is 198 g/mol. The van der Waals surface area contributed by atoms with E-state index in [-0.39, 0.29) is 6.10 Å². The molecule has 2 nitrogen and oxygen atoms in total. The van der Waals surface area contributed by atoms with Gasteiger partial charge < -0.3 is 10.1 Å². The lowest BCUT2D eigenvalue weighted by Crippen LogP contribution is -2.25. The normalized spacial score (nSPS) is 13.2. The van der Waals surface area contributed by atoms with Gasteiger partial charge in [-0.25, -0.2) is 0 Å². The Hall–Kier alpha value is -1.02. The summed E-state index contributed by atoms with van der Waals surface area (Å²) in [7, 11) is 0. The number of benzene rings is 1. The van der Waals surface area contributed by atoms with Crippen molar-refractivity contribution in [1.29, 1.82) is 0 Å². The van der Waals surface area contributed by atoms with Crippen LogP contribution in [-0.4, -0.2) is 12.1 Å². The molecule has 0 aliphatic rings. The molecule has 1 rings (SSSR count). The van der Waals surface area contributed by atoms with Crippen molar-refractivity contribution in [3.63, 3.8) is 0 Å². The molecule has 0 aliphatic heterocycles. The maximum Gasteiger partial charge on any atom is 0.119 e. The van der Waals surface area contributed by atoms with Crippen LogP contribution in [0.1, 0.15) is 46.2 Å².